The van der Waals surface area contributed by atoms with E-state index in [1.165, 1.54) is 0 Å². The van der Waals surface area contributed by atoms with Gasteiger partial charge in [-0.15, -0.1) is 6.58 Å². The van der Waals surface area contributed by atoms with Crippen LogP contribution in [0.15, 0.2) is 49.1 Å². The lowest BCUT2D eigenvalue weighted by molar-refractivity contribution is -0.188. The van der Waals surface area contributed by atoms with E-state index in [2.05, 4.69) is 39.4 Å². The van der Waals surface area contributed by atoms with Crippen LogP contribution in [0, 0.1) is 3.57 Å². The lowest BCUT2D eigenvalue weighted by atomic mass is 9.48. The van der Waals surface area contributed by atoms with Crippen LogP contribution in [-0.4, -0.2) is 57.9 Å². The second-order valence-corrected chi connectivity index (χ2v) is 10.9. The Bertz CT molecular complexity index is 1170. The largest absolute Gasteiger partial charge is 0.504 e. The fourth-order valence-electron chi connectivity index (χ4n) is 7.05. The van der Waals surface area contributed by atoms with Crippen molar-refractivity contribution in [1.82, 2.24) is 10.2 Å². The molecular weight excluding hydrogens is 531 g/mol. The molecule has 1 amide bonds. The first-order valence-electron chi connectivity index (χ1n) is 11.6. The second kappa shape index (κ2) is 7.45. The maximum Gasteiger partial charge on any atom is 0.252 e. The molecule has 3 N–H and O–H groups in total. The predicted molar refractivity (Wildman–Crippen MR) is 133 cm³/mol. The van der Waals surface area contributed by atoms with E-state index in [0.29, 0.717) is 37.0 Å². The lowest BCUT2D eigenvalue weighted by Gasteiger charge is -2.64. The number of nitrogens with zero attached hydrogens (tertiary/aromatic N) is 1. The van der Waals surface area contributed by atoms with Crippen molar-refractivity contribution in [2.24, 2.45) is 0 Å². The highest BCUT2D eigenvalue weighted by Gasteiger charge is 2.73. The third-order valence-corrected chi connectivity index (χ3v) is 9.31. The van der Waals surface area contributed by atoms with Gasteiger partial charge in [0.15, 0.2) is 11.5 Å². The number of hydrogen-bond acceptors (Lipinski definition) is 5. The number of carbonyl (C=O) groups excluding carboxylic acids is 1. The fourth-order valence-corrected chi connectivity index (χ4v) is 7.69. The highest BCUT2D eigenvalue weighted by Crippen LogP contribution is 2.65. The molecule has 5 atom stereocenters. The third kappa shape index (κ3) is 2.76. The quantitative estimate of drug-likeness (QED) is 0.397. The summed E-state index contributed by atoms with van der Waals surface area (Å²) in [6.45, 7) is 5.45. The van der Waals surface area contributed by atoms with Gasteiger partial charge in [0.2, 0.25) is 0 Å². The number of aliphatic hydroxyl groups is 1. The standard InChI is InChI=1S/C26H27IN2O4/c1-2-12-29-13-11-25-21-15-7-8-19(30)22(21)33-23(25)18(9-10-26(25,32)20(29)14-15)28-24(31)16-5-3-4-6-17(16)27/h2-8,18,20,23,30,32H,1,9-14H2,(H,28,31)/t18-,20-,23+,25+,26-/m1/s1. The summed E-state index contributed by atoms with van der Waals surface area (Å²) in [5.74, 6) is 0.462. The van der Waals surface area contributed by atoms with Gasteiger partial charge in [-0.1, -0.05) is 24.3 Å². The van der Waals surface area contributed by atoms with Crippen molar-refractivity contribution in [2.75, 3.05) is 13.1 Å². The molecule has 4 aliphatic rings. The first kappa shape index (κ1) is 21.4. The first-order chi connectivity index (χ1) is 15.9. The minimum Gasteiger partial charge on any atom is -0.504 e. The van der Waals surface area contributed by atoms with Crippen LogP contribution >= 0.6 is 22.6 Å². The number of aromatic hydroxyl groups is 1. The number of halogens is 1. The monoisotopic (exact) mass is 558 g/mol. The van der Waals surface area contributed by atoms with E-state index >= 15 is 0 Å². The number of nitrogens with one attached hydrogen (secondary N) is 1. The van der Waals surface area contributed by atoms with Crippen LogP contribution < -0.4 is 10.1 Å². The Labute approximate surface area is 206 Å². The molecule has 2 aliphatic carbocycles. The van der Waals surface area contributed by atoms with Gasteiger partial charge in [-0.25, -0.2) is 0 Å². The number of phenols is 1. The minimum absolute atomic E-state index is 0.0509. The molecular formula is C26H27IN2O4. The zero-order valence-corrected chi connectivity index (χ0v) is 20.4. The highest BCUT2D eigenvalue weighted by atomic mass is 127. The molecule has 1 saturated heterocycles. The molecule has 6 rings (SSSR count). The Kier molecular flexibility index (Phi) is 4.84. The number of amides is 1. The van der Waals surface area contributed by atoms with E-state index in [0.717, 1.165) is 27.8 Å². The van der Waals surface area contributed by atoms with Crippen molar-refractivity contribution in [1.29, 1.82) is 0 Å². The minimum atomic E-state index is -0.993. The van der Waals surface area contributed by atoms with E-state index in [9.17, 15) is 15.0 Å². The molecule has 33 heavy (non-hydrogen) atoms. The molecule has 0 radical (unpaired) electrons. The smallest absolute Gasteiger partial charge is 0.252 e. The summed E-state index contributed by atoms with van der Waals surface area (Å²) in [6, 6.07) is 10.9. The van der Waals surface area contributed by atoms with Gasteiger partial charge in [0.1, 0.15) is 6.10 Å². The maximum absolute atomic E-state index is 13.2. The average Bonchev–Trinajstić information content (AvgIpc) is 3.15. The van der Waals surface area contributed by atoms with Crippen molar-refractivity contribution in [3.8, 4) is 11.5 Å². The van der Waals surface area contributed by atoms with Gasteiger partial charge >= 0.3 is 0 Å². The van der Waals surface area contributed by atoms with E-state index in [4.69, 9.17) is 4.74 Å². The zero-order chi connectivity index (χ0) is 23.0. The molecule has 2 aromatic rings. The summed E-state index contributed by atoms with van der Waals surface area (Å²) < 4.78 is 7.38. The van der Waals surface area contributed by atoms with Gasteiger partial charge < -0.3 is 20.3 Å². The Morgan fingerprint density at radius 3 is 2.91 bits per heavy atom. The van der Waals surface area contributed by atoms with Crippen LogP contribution in [0.2, 0.25) is 0 Å². The summed E-state index contributed by atoms with van der Waals surface area (Å²) in [6.07, 6.45) is 4.06. The Hall–Kier alpha value is -2.10. The molecule has 2 aliphatic heterocycles. The normalized spacial score (nSPS) is 33.7. The number of likely N-dealkylation sites (tertiary alicyclic amines) is 1. The van der Waals surface area contributed by atoms with Crippen LogP contribution in [0.3, 0.4) is 0 Å². The number of hydrogen-bond donors (Lipinski definition) is 3. The van der Waals surface area contributed by atoms with Crippen LogP contribution in [0.4, 0.5) is 0 Å². The first-order valence-corrected chi connectivity index (χ1v) is 12.6. The fraction of sp³-hybridized carbons (Fsp3) is 0.423. The van der Waals surface area contributed by atoms with E-state index in [1.54, 1.807) is 6.07 Å². The van der Waals surface area contributed by atoms with Gasteiger partial charge in [0.25, 0.3) is 5.91 Å². The number of carbonyl (C=O) groups is 1. The molecule has 0 aromatic heterocycles. The van der Waals surface area contributed by atoms with Crippen molar-refractivity contribution in [2.45, 2.75) is 54.9 Å². The van der Waals surface area contributed by atoms with Gasteiger partial charge in [-0.05, 0) is 78.6 Å². The number of ether oxygens (including phenoxy) is 1. The average molecular weight is 558 g/mol. The number of benzene rings is 2. The molecule has 2 bridgehead atoms. The molecule has 0 unspecified atom stereocenters. The van der Waals surface area contributed by atoms with E-state index in [1.807, 2.05) is 36.4 Å². The number of phenolic OH excluding ortho intramolecular Hbond substituents is 1. The van der Waals surface area contributed by atoms with Crippen LogP contribution in [-0.2, 0) is 11.8 Å². The molecule has 7 heteroatoms. The molecule has 2 aromatic carbocycles. The number of piperidine rings is 1. The van der Waals surface area contributed by atoms with Gasteiger partial charge in [0, 0.05) is 21.7 Å². The van der Waals surface area contributed by atoms with E-state index in [-0.39, 0.29) is 23.7 Å². The Morgan fingerprint density at radius 1 is 1.30 bits per heavy atom. The van der Waals surface area contributed by atoms with Gasteiger partial charge in [-0.2, -0.15) is 0 Å². The van der Waals surface area contributed by atoms with Crippen LogP contribution in [0.1, 0.15) is 40.7 Å². The zero-order valence-electron chi connectivity index (χ0n) is 18.3. The highest BCUT2D eigenvalue weighted by molar-refractivity contribution is 14.1. The van der Waals surface area contributed by atoms with Gasteiger partial charge in [-0.3, -0.25) is 9.69 Å². The Morgan fingerprint density at radius 2 is 2.12 bits per heavy atom. The second-order valence-electron chi connectivity index (χ2n) is 9.73. The summed E-state index contributed by atoms with van der Waals surface area (Å²) in [5, 5.41) is 26.3. The van der Waals surface area contributed by atoms with Crippen molar-refractivity contribution >= 4 is 28.5 Å². The molecule has 1 spiro atoms. The topological polar surface area (TPSA) is 82.0 Å². The van der Waals surface area contributed by atoms with Crippen molar-refractivity contribution < 1.29 is 19.7 Å². The Balaban J connectivity index is 1.44. The van der Waals surface area contributed by atoms with Crippen LogP contribution in [0.5, 0.6) is 11.5 Å². The molecule has 1 saturated carbocycles. The van der Waals surface area contributed by atoms with Crippen LogP contribution in [0.25, 0.3) is 0 Å². The number of rotatable bonds is 4. The molecule has 172 valence electrons. The predicted octanol–water partition coefficient (Wildman–Crippen LogP) is 3.14. The summed E-state index contributed by atoms with van der Waals surface area (Å²) in [7, 11) is 0. The SMILES string of the molecule is C=CCN1CC[C@]23c4c5ccc(O)c4O[C@H]2[C@H](NC(=O)c2ccccc2I)CC[C@@]3(O)[C@H]1C5. The van der Waals surface area contributed by atoms with Crippen molar-refractivity contribution in [3.05, 3.63) is 69.3 Å². The van der Waals surface area contributed by atoms with E-state index < -0.39 is 17.1 Å². The molecule has 2 fully saturated rings. The molecule has 2 heterocycles. The summed E-state index contributed by atoms with van der Waals surface area (Å²) in [5.41, 5.74) is 1.07. The maximum atomic E-state index is 13.2. The summed E-state index contributed by atoms with van der Waals surface area (Å²) in [4.78, 5) is 15.5. The molecule has 6 nitrogen and oxygen atoms in total. The summed E-state index contributed by atoms with van der Waals surface area (Å²) >= 11 is 2.18. The lowest BCUT2D eigenvalue weighted by Crippen LogP contribution is -2.78. The third-order valence-electron chi connectivity index (χ3n) is 8.37. The van der Waals surface area contributed by atoms with Gasteiger partial charge in [0.05, 0.1) is 22.6 Å². The van der Waals surface area contributed by atoms with Crippen molar-refractivity contribution in [3.63, 3.8) is 0 Å².